The Morgan fingerprint density at radius 2 is 2.04 bits per heavy atom. The Morgan fingerprint density at radius 1 is 1.11 bits per heavy atom. The first-order valence-corrected chi connectivity index (χ1v) is 8.28. The van der Waals surface area contributed by atoms with E-state index in [0.717, 1.165) is 11.0 Å². The van der Waals surface area contributed by atoms with Crippen LogP contribution in [0.1, 0.15) is 15.9 Å². The quantitative estimate of drug-likeness (QED) is 0.566. The number of benzene rings is 2. The third-order valence-electron chi connectivity index (χ3n) is 3.98. The van der Waals surface area contributed by atoms with Crippen LogP contribution in [0.5, 0.6) is 11.6 Å². The fourth-order valence-corrected chi connectivity index (χ4v) is 2.65. The van der Waals surface area contributed by atoms with Gasteiger partial charge in [-0.15, -0.1) is 0 Å². The van der Waals surface area contributed by atoms with E-state index in [9.17, 15) is 9.18 Å². The molecular weight excluding hydrogens is 347 g/mol. The number of rotatable bonds is 5. The Morgan fingerprint density at radius 3 is 2.93 bits per heavy atom. The molecule has 0 spiro atoms. The molecule has 0 bridgehead atoms. The molecule has 0 saturated heterocycles. The molecule has 2 aromatic heterocycles. The lowest BCUT2D eigenvalue weighted by atomic mass is 10.2. The third kappa shape index (κ3) is 3.77. The van der Waals surface area contributed by atoms with Crippen molar-refractivity contribution in [1.82, 2.24) is 20.3 Å². The Hall–Kier alpha value is -3.74. The van der Waals surface area contributed by atoms with E-state index in [1.54, 1.807) is 55.0 Å². The molecule has 0 aliphatic carbocycles. The largest absolute Gasteiger partial charge is 0.439 e. The van der Waals surface area contributed by atoms with Crippen LogP contribution in [0.15, 0.2) is 67.1 Å². The summed E-state index contributed by atoms with van der Waals surface area (Å²) in [6.45, 7) is 0.221. The fourth-order valence-electron chi connectivity index (χ4n) is 2.65. The first kappa shape index (κ1) is 16.7. The molecule has 1 amide bonds. The summed E-state index contributed by atoms with van der Waals surface area (Å²) >= 11 is 0. The van der Waals surface area contributed by atoms with E-state index in [-0.39, 0.29) is 12.5 Å². The number of carbonyl (C=O) groups excluding carboxylic acids is 1. The second-order valence-electron chi connectivity index (χ2n) is 5.84. The molecule has 134 valence electrons. The van der Waals surface area contributed by atoms with Gasteiger partial charge in [0.2, 0.25) is 5.88 Å². The van der Waals surface area contributed by atoms with Crippen LogP contribution < -0.4 is 10.1 Å². The first-order valence-electron chi connectivity index (χ1n) is 8.28. The minimum absolute atomic E-state index is 0.221. The van der Waals surface area contributed by atoms with Crippen molar-refractivity contribution in [2.45, 2.75) is 6.54 Å². The van der Waals surface area contributed by atoms with Gasteiger partial charge in [0.25, 0.3) is 5.91 Å². The predicted octanol–water partition coefficient (Wildman–Crippen LogP) is 3.82. The van der Waals surface area contributed by atoms with Gasteiger partial charge >= 0.3 is 0 Å². The van der Waals surface area contributed by atoms with Crippen molar-refractivity contribution in [2.75, 3.05) is 0 Å². The summed E-state index contributed by atoms with van der Waals surface area (Å²) in [6.07, 6.45) is 3.16. The number of hydrogen-bond acceptors (Lipinski definition) is 4. The van der Waals surface area contributed by atoms with Crippen LogP contribution in [-0.2, 0) is 6.54 Å². The number of nitrogens with zero attached hydrogens (tertiary/aromatic N) is 2. The zero-order valence-corrected chi connectivity index (χ0v) is 14.1. The maximum Gasteiger partial charge on any atom is 0.251 e. The highest BCUT2D eigenvalue weighted by Crippen LogP contribution is 2.23. The van der Waals surface area contributed by atoms with Crippen LogP contribution in [0.2, 0.25) is 0 Å². The number of fused-ring (bicyclic) bond motifs is 1. The Bertz CT molecular complexity index is 1110. The second-order valence-corrected chi connectivity index (χ2v) is 5.84. The van der Waals surface area contributed by atoms with Gasteiger partial charge in [-0.2, -0.15) is 0 Å². The fraction of sp³-hybridized carbons (Fsp3) is 0.0500. The van der Waals surface area contributed by atoms with E-state index in [2.05, 4.69) is 20.3 Å². The molecule has 2 aromatic carbocycles. The predicted molar refractivity (Wildman–Crippen MR) is 98.0 cm³/mol. The maximum atomic E-state index is 13.3. The van der Waals surface area contributed by atoms with E-state index >= 15 is 0 Å². The van der Waals surface area contributed by atoms with Crippen molar-refractivity contribution < 1.29 is 13.9 Å². The molecule has 27 heavy (non-hydrogen) atoms. The van der Waals surface area contributed by atoms with Gasteiger partial charge in [-0.1, -0.05) is 12.1 Å². The van der Waals surface area contributed by atoms with Gasteiger partial charge in [0, 0.05) is 29.9 Å². The smallest absolute Gasteiger partial charge is 0.251 e. The lowest BCUT2D eigenvalue weighted by molar-refractivity contribution is 0.0951. The molecule has 2 heterocycles. The van der Waals surface area contributed by atoms with Crippen LogP contribution in [-0.4, -0.2) is 20.9 Å². The highest BCUT2D eigenvalue weighted by Gasteiger charge is 2.11. The number of pyridine rings is 1. The number of ether oxygens (including phenoxy) is 1. The summed E-state index contributed by atoms with van der Waals surface area (Å²) in [4.78, 5) is 23.7. The summed E-state index contributed by atoms with van der Waals surface area (Å²) in [7, 11) is 0. The Kier molecular flexibility index (Phi) is 4.49. The molecule has 0 unspecified atom stereocenters. The zero-order valence-electron chi connectivity index (χ0n) is 14.1. The van der Waals surface area contributed by atoms with Gasteiger partial charge < -0.3 is 15.0 Å². The van der Waals surface area contributed by atoms with E-state index in [0.29, 0.717) is 22.8 Å². The summed E-state index contributed by atoms with van der Waals surface area (Å²) in [5, 5.41) is 2.84. The summed E-state index contributed by atoms with van der Waals surface area (Å²) in [5.74, 6) is 0.0259. The van der Waals surface area contributed by atoms with Crippen molar-refractivity contribution in [1.29, 1.82) is 0 Å². The molecule has 0 aliphatic rings. The molecule has 0 radical (unpaired) electrons. The monoisotopic (exact) mass is 362 g/mol. The number of halogens is 1. The SMILES string of the molecule is O=C(NCc1cccnc1Oc1cccc(F)c1)c1ccc2nc[nH]c2c1. The molecule has 0 saturated carbocycles. The number of H-pyrrole nitrogens is 1. The average molecular weight is 362 g/mol. The van der Waals surface area contributed by atoms with Crippen LogP contribution in [0.3, 0.4) is 0 Å². The highest BCUT2D eigenvalue weighted by atomic mass is 19.1. The van der Waals surface area contributed by atoms with E-state index in [4.69, 9.17) is 4.74 Å². The van der Waals surface area contributed by atoms with E-state index in [1.807, 2.05) is 0 Å². The van der Waals surface area contributed by atoms with E-state index in [1.165, 1.54) is 12.1 Å². The number of nitrogens with one attached hydrogen (secondary N) is 2. The van der Waals surface area contributed by atoms with Gasteiger partial charge in [0.15, 0.2) is 0 Å². The van der Waals surface area contributed by atoms with Crippen LogP contribution in [0.4, 0.5) is 4.39 Å². The van der Waals surface area contributed by atoms with Crippen molar-refractivity contribution in [2.24, 2.45) is 0 Å². The second kappa shape index (κ2) is 7.25. The van der Waals surface area contributed by atoms with Crippen LogP contribution >= 0.6 is 0 Å². The van der Waals surface area contributed by atoms with Crippen molar-refractivity contribution >= 4 is 16.9 Å². The Balaban J connectivity index is 1.48. The van der Waals surface area contributed by atoms with Crippen molar-refractivity contribution in [3.05, 3.63) is 84.1 Å². The highest BCUT2D eigenvalue weighted by molar-refractivity contribution is 5.97. The molecular formula is C20H15FN4O2. The molecule has 0 fully saturated rings. The Labute approximate surface area is 154 Å². The zero-order chi connectivity index (χ0) is 18.6. The average Bonchev–Trinajstić information content (AvgIpc) is 3.15. The summed E-state index contributed by atoms with van der Waals surface area (Å²) in [5.41, 5.74) is 2.78. The lowest BCUT2D eigenvalue weighted by Gasteiger charge is -2.11. The van der Waals surface area contributed by atoms with Gasteiger partial charge in [0.05, 0.1) is 17.4 Å². The standard InChI is InChI=1S/C20H15FN4O2/c21-15-4-1-5-16(10-15)27-20-14(3-2-8-22-20)11-23-19(26)13-6-7-17-18(9-13)25-12-24-17/h1-10,12H,11H2,(H,23,26)(H,24,25). The number of aromatic nitrogens is 3. The molecule has 0 atom stereocenters. The minimum atomic E-state index is -0.396. The van der Waals surface area contributed by atoms with Gasteiger partial charge in [0.1, 0.15) is 11.6 Å². The van der Waals surface area contributed by atoms with Crippen LogP contribution in [0.25, 0.3) is 11.0 Å². The number of hydrogen-bond donors (Lipinski definition) is 2. The molecule has 6 nitrogen and oxygen atoms in total. The normalized spacial score (nSPS) is 10.7. The summed E-state index contributed by atoms with van der Waals surface area (Å²) in [6, 6.07) is 14.6. The molecule has 0 aliphatic heterocycles. The molecule has 4 rings (SSSR count). The number of imidazole rings is 1. The van der Waals surface area contributed by atoms with Crippen molar-refractivity contribution in [3.63, 3.8) is 0 Å². The molecule has 7 heteroatoms. The third-order valence-corrected chi connectivity index (χ3v) is 3.98. The number of carbonyl (C=O) groups is 1. The molecule has 2 N–H and O–H groups in total. The summed E-state index contributed by atoms with van der Waals surface area (Å²) < 4.78 is 19.0. The van der Waals surface area contributed by atoms with Crippen molar-refractivity contribution in [3.8, 4) is 11.6 Å². The number of aromatic amines is 1. The van der Waals surface area contributed by atoms with Crippen LogP contribution in [0, 0.1) is 5.82 Å². The van der Waals surface area contributed by atoms with Gasteiger partial charge in [-0.05, 0) is 36.4 Å². The topological polar surface area (TPSA) is 79.9 Å². The molecule has 4 aromatic rings. The number of amides is 1. The van der Waals surface area contributed by atoms with E-state index < -0.39 is 5.82 Å². The first-order chi connectivity index (χ1) is 13.2. The van der Waals surface area contributed by atoms with Gasteiger partial charge in [-0.3, -0.25) is 4.79 Å². The maximum absolute atomic E-state index is 13.3. The minimum Gasteiger partial charge on any atom is -0.439 e. The lowest BCUT2D eigenvalue weighted by Crippen LogP contribution is -2.23. The van der Waals surface area contributed by atoms with Gasteiger partial charge in [-0.25, -0.2) is 14.4 Å².